The van der Waals surface area contributed by atoms with Crippen LogP contribution in [0.25, 0.3) is 0 Å². The molecule has 0 spiro atoms. The van der Waals surface area contributed by atoms with E-state index in [0.29, 0.717) is 29.8 Å². The first-order valence-electron chi connectivity index (χ1n) is 12.2. The number of likely N-dealkylation sites (tertiary alicyclic amines) is 1. The van der Waals surface area contributed by atoms with Crippen LogP contribution in [-0.2, 0) is 17.8 Å². The Balaban J connectivity index is 1.55. The fraction of sp³-hybridized carbons (Fsp3) is 0.500. The molecule has 6 atom stereocenters. The van der Waals surface area contributed by atoms with Gasteiger partial charge < -0.3 is 5.73 Å². The minimum atomic E-state index is -0.737. The fourth-order valence-corrected chi connectivity index (χ4v) is 6.74. The van der Waals surface area contributed by atoms with Crippen LogP contribution >= 0.6 is 0 Å². The van der Waals surface area contributed by atoms with Gasteiger partial charge in [-0.15, -0.1) is 0 Å². The average Bonchev–Trinajstić information content (AvgIpc) is 3.03. The predicted molar refractivity (Wildman–Crippen MR) is 129 cm³/mol. The summed E-state index contributed by atoms with van der Waals surface area (Å²) < 4.78 is 0. The van der Waals surface area contributed by atoms with Crippen molar-refractivity contribution in [1.29, 1.82) is 0 Å². The summed E-state index contributed by atoms with van der Waals surface area (Å²) in [6.45, 7) is 5.44. The van der Waals surface area contributed by atoms with Crippen LogP contribution in [0.1, 0.15) is 44.2 Å². The van der Waals surface area contributed by atoms with Crippen molar-refractivity contribution >= 4 is 12.1 Å². The second-order valence-corrected chi connectivity index (χ2v) is 10.5. The van der Waals surface area contributed by atoms with Crippen LogP contribution in [0.15, 0.2) is 65.7 Å². The van der Waals surface area contributed by atoms with Crippen LogP contribution in [0.5, 0.6) is 0 Å². The normalized spacial score (nSPS) is 33.2. The highest BCUT2D eigenvalue weighted by molar-refractivity contribution is 5.89. The maximum absolute atomic E-state index is 12.9. The van der Waals surface area contributed by atoms with Gasteiger partial charge in [0.05, 0.1) is 0 Å². The Morgan fingerprint density at radius 3 is 2.38 bits per heavy atom. The fourth-order valence-electron chi connectivity index (χ4n) is 6.74. The van der Waals surface area contributed by atoms with Crippen LogP contribution < -0.4 is 5.73 Å². The zero-order valence-electron chi connectivity index (χ0n) is 19.2. The molecule has 4 nitrogen and oxygen atoms in total. The molecule has 1 saturated carbocycles. The lowest BCUT2D eigenvalue weighted by atomic mass is 9.59. The Morgan fingerprint density at radius 2 is 1.75 bits per heavy atom. The molecule has 32 heavy (non-hydrogen) atoms. The molecule has 4 bridgehead atoms. The molecule has 1 saturated heterocycles. The minimum absolute atomic E-state index is 0.193. The average molecular weight is 430 g/mol. The van der Waals surface area contributed by atoms with E-state index in [9.17, 15) is 4.79 Å². The van der Waals surface area contributed by atoms with E-state index < -0.39 is 5.54 Å². The van der Waals surface area contributed by atoms with Crippen LogP contribution in [0.4, 0.5) is 0 Å². The largest absolute Gasteiger partial charge is 0.368 e. The summed E-state index contributed by atoms with van der Waals surface area (Å²) in [5.41, 5.74) is 8.07. The standard InChI is InChI=1S/C28H35N3O/c1-19(2)13-14-24-26-23-17-30-28(24,27(29)32)16-22(23)25(15-20-9-5-3-6-10-20)31(26)18-21-11-7-4-8-12-21/h3-12,17,19,22-26H,13-16,18H2,1-2H3,(H2,29,32). The Bertz CT molecular complexity index is 973. The third-order valence-corrected chi connectivity index (χ3v) is 8.22. The van der Waals surface area contributed by atoms with Crippen molar-refractivity contribution in [3.8, 4) is 0 Å². The van der Waals surface area contributed by atoms with Gasteiger partial charge in [0.25, 0.3) is 0 Å². The molecule has 1 aliphatic carbocycles. The zero-order valence-corrected chi connectivity index (χ0v) is 19.2. The topological polar surface area (TPSA) is 58.7 Å². The first kappa shape index (κ1) is 21.4. The molecule has 2 N–H and O–H groups in total. The van der Waals surface area contributed by atoms with Gasteiger partial charge in [0, 0.05) is 36.7 Å². The predicted octanol–water partition coefficient (Wildman–Crippen LogP) is 4.48. The van der Waals surface area contributed by atoms with Crippen LogP contribution in [0.3, 0.4) is 0 Å². The molecule has 2 aromatic carbocycles. The van der Waals surface area contributed by atoms with Gasteiger partial charge in [0.2, 0.25) is 5.91 Å². The number of carbonyl (C=O) groups excluding carboxylic acids is 1. The Kier molecular flexibility index (Phi) is 5.66. The van der Waals surface area contributed by atoms with Gasteiger partial charge in [-0.25, -0.2) is 0 Å². The van der Waals surface area contributed by atoms with E-state index in [1.165, 1.54) is 11.1 Å². The number of aliphatic imine (C=N–C) groups is 1. The van der Waals surface area contributed by atoms with Crippen molar-refractivity contribution in [1.82, 2.24) is 4.90 Å². The van der Waals surface area contributed by atoms with Gasteiger partial charge in [0.1, 0.15) is 5.54 Å². The van der Waals surface area contributed by atoms with Crippen LogP contribution in [-0.4, -0.2) is 34.6 Å². The van der Waals surface area contributed by atoms with Crippen molar-refractivity contribution in [2.24, 2.45) is 34.4 Å². The van der Waals surface area contributed by atoms with Crippen LogP contribution in [0, 0.1) is 23.7 Å². The summed E-state index contributed by atoms with van der Waals surface area (Å²) >= 11 is 0. The monoisotopic (exact) mass is 429 g/mol. The second-order valence-electron chi connectivity index (χ2n) is 10.5. The molecule has 2 fully saturated rings. The number of rotatable bonds is 8. The SMILES string of the molecule is CC(C)CCC1C2C3C=NC1(C(N)=O)CC3C(Cc1ccccc1)N2Cc1ccccc1. The van der Waals surface area contributed by atoms with E-state index >= 15 is 0 Å². The molecule has 3 heterocycles. The van der Waals surface area contributed by atoms with Gasteiger partial charge >= 0.3 is 0 Å². The summed E-state index contributed by atoms with van der Waals surface area (Å²) in [5, 5.41) is 0. The third-order valence-electron chi connectivity index (χ3n) is 8.22. The Labute approximate surface area is 191 Å². The number of nitrogens with zero attached hydrogens (tertiary/aromatic N) is 2. The van der Waals surface area contributed by atoms with Crippen molar-refractivity contribution in [3.63, 3.8) is 0 Å². The number of nitrogens with two attached hydrogens (primary N) is 1. The van der Waals surface area contributed by atoms with E-state index in [0.717, 1.165) is 32.2 Å². The van der Waals surface area contributed by atoms with E-state index in [1.54, 1.807) is 0 Å². The summed E-state index contributed by atoms with van der Waals surface area (Å²) in [6, 6.07) is 22.3. The third kappa shape index (κ3) is 3.59. The number of carbonyl (C=O) groups is 1. The molecular weight excluding hydrogens is 394 g/mol. The lowest BCUT2D eigenvalue weighted by Gasteiger charge is -2.50. The summed E-state index contributed by atoms with van der Waals surface area (Å²) in [5.74, 6) is 1.40. The molecular formula is C28H35N3O. The van der Waals surface area contributed by atoms with Gasteiger partial charge in [-0.05, 0) is 42.2 Å². The molecule has 0 radical (unpaired) electrons. The van der Waals surface area contributed by atoms with Crippen LogP contribution in [0.2, 0.25) is 0 Å². The molecule has 6 rings (SSSR count). The number of hydrogen-bond acceptors (Lipinski definition) is 3. The Hall–Kier alpha value is -2.46. The van der Waals surface area contributed by atoms with E-state index in [2.05, 4.69) is 85.6 Å². The molecule has 1 amide bonds. The van der Waals surface area contributed by atoms with Gasteiger partial charge in [0.15, 0.2) is 0 Å². The van der Waals surface area contributed by atoms with Crippen molar-refractivity contribution < 1.29 is 4.79 Å². The molecule has 168 valence electrons. The number of amides is 1. The summed E-state index contributed by atoms with van der Waals surface area (Å²) in [7, 11) is 0. The summed E-state index contributed by atoms with van der Waals surface area (Å²) in [6.07, 6.45) is 6.02. The number of hydrogen-bond donors (Lipinski definition) is 1. The van der Waals surface area contributed by atoms with Gasteiger partial charge in [-0.2, -0.15) is 0 Å². The molecule has 2 aromatic rings. The smallest absolute Gasteiger partial charge is 0.245 e. The van der Waals surface area contributed by atoms with Crippen molar-refractivity contribution in [2.45, 2.75) is 63.7 Å². The molecule has 3 aliphatic heterocycles. The maximum Gasteiger partial charge on any atom is 0.245 e. The van der Waals surface area contributed by atoms with E-state index in [4.69, 9.17) is 10.7 Å². The Morgan fingerprint density at radius 1 is 1.09 bits per heavy atom. The number of benzene rings is 2. The highest BCUT2D eigenvalue weighted by Crippen LogP contribution is 2.57. The molecule has 6 unspecified atom stereocenters. The van der Waals surface area contributed by atoms with Crippen molar-refractivity contribution in [3.05, 3.63) is 71.8 Å². The zero-order chi connectivity index (χ0) is 22.3. The molecule has 4 aliphatic rings. The quantitative estimate of drug-likeness (QED) is 0.673. The van der Waals surface area contributed by atoms with E-state index in [-0.39, 0.29) is 11.8 Å². The van der Waals surface area contributed by atoms with Gasteiger partial charge in [-0.3, -0.25) is 14.7 Å². The highest BCUT2D eigenvalue weighted by atomic mass is 16.1. The molecule has 4 heteroatoms. The first-order chi connectivity index (χ1) is 15.5. The van der Waals surface area contributed by atoms with Crippen molar-refractivity contribution in [2.75, 3.05) is 0 Å². The minimum Gasteiger partial charge on any atom is -0.368 e. The van der Waals surface area contributed by atoms with Gasteiger partial charge in [-0.1, -0.05) is 80.9 Å². The van der Waals surface area contributed by atoms with E-state index in [1.807, 2.05) is 0 Å². The lowest BCUT2D eigenvalue weighted by Crippen LogP contribution is -2.62. The highest BCUT2D eigenvalue weighted by Gasteiger charge is 2.65. The summed E-state index contributed by atoms with van der Waals surface area (Å²) in [4.78, 5) is 20.5. The first-order valence-corrected chi connectivity index (χ1v) is 12.2. The molecule has 0 aromatic heterocycles. The second kappa shape index (κ2) is 8.47. The maximum atomic E-state index is 12.9. The number of primary amides is 1. The lowest BCUT2D eigenvalue weighted by molar-refractivity contribution is -0.128.